The van der Waals surface area contributed by atoms with E-state index in [1.54, 1.807) is 67.3 Å². The van der Waals surface area contributed by atoms with Gasteiger partial charge in [-0.05, 0) is 159 Å². The molecule has 8 N–H and O–H groups in total. The number of carbonyl (C=O) groups is 4. The van der Waals surface area contributed by atoms with E-state index in [0.717, 1.165) is 66.7 Å². The van der Waals surface area contributed by atoms with Gasteiger partial charge in [-0.15, -0.1) is 0 Å². The Balaban J connectivity index is 0.000000196. The number of hydrogen-bond acceptors (Lipinski definition) is 15. The van der Waals surface area contributed by atoms with E-state index in [1.807, 2.05) is 71.9 Å². The van der Waals surface area contributed by atoms with Gasteiger partial charge < -0.3 is 37.1 Å². The number of carbonyl (C=O) groups excluding carboxylic acids is 3. The topological polar surface area (TPSA) is 274 Å². The molecule has 0 aliphatic heterocycles. The second-order valence-electron chi connectivity index (χ2n) is 16.9. The van der Waals surface area contributed by atoms with Crippen LogP contribution in [0.4, 0.5) is 11.6 Å². The number of esters is 2. The van der Waals surface area contributed by atoms with E-state index < -0.39 is 17.9 Å². The first kappa shape index (κ1) is 51.7. The van der Waals surface area contributed by atoms with Crippen molar-refractivity contribution in [3.63, 3.8) is 0 Å². The third-order valence-electron chi connectivity index (χ3n) is 11.5. The first-order chi connectivity index (χ1) is 33.9. The number of aryl methyl sites for hydroxylation is 6. The Hall–Kier alpha value is -8.70. The summed E-state index contributed by atoms with van der Waals surface area (Å²) in [4.78, 5) is 74.1. The number of benzene rings is 2. The molecule has 17 heteroatoms. The number of anilines is 2. The fraction of sp³-hybridized carbons (Fsp3) is 0.222. The quantitative estimate of drug-likeness (QED) is 0.0781. The zero-order chi connectivity index (χ0) is 51.5. The second kappa shape index (κ2) is 23.1. The van der Waals surface area contributed by atoms with Gasteiger partial charge in [0.25, 0.3) is 5.91 Å². The van der Waals surface area contributed by atoms with Gasteiger partial charge in [-0.2, -0.15) is 0 Å². The Kier molecular flexibility index (Phi) is 16.8. The van der Waals surface area contributed by atoms with Crippen LogP contribution in [0, 0.1) is 41.5 Å². The van der Waals surface area contributed by atoms with E-state index in [-0.39, 0.29) is 11.5 Å². The van der Waals surface area contributed by atoms with Crippen LogP contribution >= 0.6 is 0 Å². The Morgan fingerprint density at radius 3 is 1.56 bits per heavy atom. The fourth-order valence-corrected chi connectivity index (χ4v) is 8.05. The molecule has 6 aromatic heterocycles. The van der Waals surface area contributed by atoms with Gasteiger partial charge >= 0.3 is 17.9 Å². The summed E-state index contributed by atoms with van der Waals surface area (Å²) >= 11 is 0. The predicted octanol–water partition coefficient (Wildman–Crippen LogP) is 7.59. The molecule has 0 aliphatic rings. The van der Waals surface area contributed by atoms with Crippen molar-refractivity contribution in [2.75, 3.05) is 25.7 Å². The average Bonchev–Trinajstić information content (AvgIpc) is 3.32. The number of amides is 1. The molecule has 0 saturated heterocycles. The number of nitrogens with two attached hydrogens (primary N) is 3. The van der Waals surface area contributed by atoms with Crippen LogP contribution in [0.25, 0.3) is 21.8 Å². The molecule has 1 amide bonds. The van der Waals surface area contributed by atoms with Crippen molar-refractivity contribution < 1.29 is 33.8 Å². The van der Waals surface area contributed by atoms with Crippen LogP contribution in [0.5, 0.6) is 0 Å². The van der Waals surface area contributed by atoms with E-state index in [2.05, 4.69) is 35.2 Å². The lowest BCUT2D eigenvalue weighted by Gasteiger charge is -2.12. The van der Waals surface area contributed by atoms with Crippen molar-refractivity contribution in [3.8, 4) is 0 Å². The Labute approximate surface area is 410 Å². The van der Waals surface area contributed by atoms with Crippen LogP contribution in [-0.2, 0) is 35.4 Å². The molecule has 364 valence electrons. The summed E-state index contributed by atoms with van der Waals surface area (Å²) in [6.07, 6.45) is 7.35. The summed E-state index contributed by atoms with van der Waals surface area (Å²) in [7, 11) is 2.68. The number of nitrogen functional groups attached to an aromatic ring is 2. The number of pyridine rings is 6. The predicted molar refractivity (Wildman–Crippen MR) is 272 cm³/mol. The Morgan fingerprint density at radius 1 is 0.592 bits per heavy atom. The molecule has 71 heavy (non-hydrogen) atoms. The van der Waals surface area contributed by atoms with Crippen molar-refractivity contribution in [2.45, 2.75) is 67.5 Å². The number of aromatic carboxylic acids is 1. The summed E-state index contributed by atoms with van der Waals surface area (Å²) in [5.74, 6) is -1.10. The number of carboxylic acids is 1. The molecule has 0 atom stereocenters. The van der Waals surface area contributed by atoms with Crippen LogP contribution in [0.15, 0.2) is 97.6 Å². The van der Waals surface area contributed by atoms with Gasteiger partial charge in [0.05, 0.1) is 41.9 Å². The normalized spacial score (nSPS) is 10.7. The summed E-state index contributed by atoms with van der Waals surface area (Å²) < 4.78 is 9.63. The maximum Gasteiger partial charge on any atom is 0.340 e. The average molecular weight is 957 g/mol. The van der Waals surface area contributed by atoms with Gasteiger partial charge in [0.1, 0.15) is 11.6 Å². The zero-order valence-electron chi connectivity index (χ0n) is 40.9. The smallest absolute Gasteiger partial charge is 0.340 e. The highest BCUT2D eigenvalue weighted by molar-refractivity contribution is 6.03. The lowest BCUT2D eigenvalue weighted by atomic mass is 10.0. The Bertz CT molecular complexity index is 3280. The van der Waals surface area contributed by atoms with Gasteiger partial charge in [0.15, 0.2) is 0 Å². The van der Waals surface area contributed by atoms with Crippen molar-refractivity contribution in [3.05, 3.63) is 187 Å². The highest BCUT2D eigenvalue weighted by Gasteiger charge is 2.17. The number of methoxy groups -OCH3 is 2. The molecule has 6 heterocycles. The minimum absolute atomic E-state index is 0.143. The fourth-order valence-electron chi connectivity index (χ4n) is 8.05. The summed E-state index contributed by atoms with van der Waals surface area (Å²) in [6, 6.07) is 21.4. The molecule has 0 bridgehead atoms. The monoisotopic (exact) mass is 956 g/mol. The van der Waals surface area contributed by atoms with Crippen LogP contribution in [0.3, 0.4) is 0 Å². The molecule has 0 saturated carbocycles. The minimum Gasteiger partial charge on any atom is -0.478 e. The Morgan fingerprint density at radius 2 is 1.07 bits per heavy atom. The van der Waals surface area contributed by atoms with Crippen LogP contribution < -0.4 is 22.5 Å². The third kappa shape index (κ3) is 13.1. The van der Waals surface area contributed by atoms with Gasteiger partial charge in [0.2, 0.25) is 0 Å². The van der Waals surface area contributed by atoms with Crippen LogP contribution in [0.1, 0.15) is 109 Å². The largest absolute Gasteiger partial charge is 0.478 e. The van der Waals surface area contributed by atoms with Gasteiger partial charge in [-0.25, -0.2) is 24.4 Å². The number of nitrogens with one attached hydrogen (secondary N) is 1. The number of fused-ring (bicyclic) bond motifs is 2. The second-order valence-corrected chi connectivity index (χ2v) is 16.9. The highest BCUT2D eigenvalue weighted by atomic mass is 16.5. The lowest BCUT2D eigenvalue weighted by Crippen LogP contribution is -2.24. The van der Waals surface area contributed by atoms with E-state index in [4.69, 9.17) is 26.7 Å². The van der Waals surface area contributed by atoms with Gasteiger partial charge in [-0.3, -0.25) is 24.7 Å². The number of nitrogens with zero attached hydrogens (tertiary/aromatic N) is 6. The standard InChI is InChI=1S/C26H25N5O3.C20H18N2O4.C8H13N3/c1-14-6-19-8-17(10-21(26(33)34)24(19)29-12-14)9-20-11-18(4-5-28-20)25(32)30-13-22-15(2)7-23(27)31-16(22)3;1-12-6-15-7-13(9-17(20(24)26-3)18(15)22-11-12)8-16-10-14(4-5-21-16)19(23)25-2;1-5-3-8(10)11-6(2)7(5)4-9/h4-8,10-12H,9,13H2,1-3H3,(H2,27,31)(H,30,32)(H,33,34);4-7,9-11H,8H2,1-3H3;3H,4,9H2,1-2H3,(H2,10,11). The highest BCUT2D eigenvalue weighted by Crippen LogP contribution is 2.25. The SMILES string of the molecule is COC(=O)c1ccnc(Cc2cc(C(=O)OC)c3ncc(C)cc3c2)c1.Cc1cc(N)nc(C)c1CN.Cc1cnc2c(C(=O)O)cc(Cc3cc(C(=O)NCc4c(C)cc(N)nc4C)ccn3)cc2c1. The third-order valence-corrected chi connectivity index (χ3v) is 11.5. The molecule has 0 radical (unpaired) electrons. The summed E-state index contributed by atoms with van der Waals surface area (Å²) in [5, 5.41) is 14.2. The molecule has 0 fully saturated rings. The van der Waals surface area contributed by atoms with Gasteiger partial charge in [-0.1, -0.05) is 0 Å². The van der Waals surface area contributed by atoms with Crippen molar-refractivity contribution in [2.24, 2.45) is 5.73 Å². The van der Waals surface area contributed by atoms with E-state index >= 15 is 0 Å². The molecular weight excluding hydrogens is 901 g/mol. The van der Waals surface area contributed by atoms with Crippen molar-refractivity contribution in [1.82, 2.24) is 35.2 Å². The number of aromatic nitrogens is 6. The van der Waals surface area contributed by atoms with E-state index in [1.165, 1.54) is 14.2 Å². The van der Waals surface area contributed by atoms with Crippen molar-refractivity contribution in [1.29, 1.82) is 0 Å². The molecular formula is C54H56N10O7. The maximum absolute atomic E-state index is 12.8. The number of ether oxygens (including phenoxy) is 2. The molecule has 0 spiro atoms. The number of rotatable bonds is 11. The first-order valence-electron chi connectivity index (χ1n) is 22.4. The van der Waals surface area contributed by atoms with E-state index in [0.29, 0.717) is 76.7 Å². The molecule has 0 aliphatic carbocycles. The first-order valence-corrected chi connectivity index (χ1v) is 22.4. The van der Waals surface area contributed by atoms with Crippen molar-refractivity contribution >= 4 is 57.3 Å². The van der Waals surface area contributed by atoms with Crippen LogP contribution in [0.2, 0.25) is 0 Å². The summed E-state index contributed by atoms with van der Waals surface area (Å²) in [5.41, 5.74) is 30.1. The van der Waals surface area contributed by atoms with Gasteiger partial charge in [0, 0.05) is 89.8 Å². The molecule has 17 nitrogen and oxygen atoms in total. The summed E-state index contributed by atoms with van der Waals surface area (Å²) in [6.45, 7) is 12.4. The molecule has 8 aromatic rings. The van der Waals surface area contributed by atoms with E-state index in [9.17, 15) is 24.3 Å². The number of hydrogen-bond donors (Lipinski definition) is 5. The molecule has 2 aromatic carbocycles. The number of carboxylic acid groups (broad SMARTS) is 1. The lowest BCUT2D eigenvalue weighted by molar-refractivity contribution is 0.0592. The minimum atomic E-state index is -1.04. The molecule has 8 rings (SSSR count). The molecule has 0 unspecified atom stereocenters. The maximum atomic E-state index is 12.8. The van der Waals surface area contributed by atoms with Crippen LogP contribution in [-0.4, -0.2) is 73.0 Å². The zero-order valence-corrected chi connectivity index (χ0v) is 40.9.